The molecule has 27 heavy (non-hydrogen) atoms. The van der Waals surface area contributed by atoms with Gasteiger partial charge in [-0.2, -0.15) is 0 Å². The molecule has 1 aromatic heterocycles. The van der Waals surface area contributed by atoms with Gasteiger partial charge in [-0.3, -0.25) is 18.7 Å². The first-order chi connectivity index (χ1) is 12.9. The first-order valence-corrected chi connectivity index (χ1v) is 9.04. The number of para-hydroxylation sites is 1. The minimum Gasteiger partial charge on any atom is -0.325 e. The second-order valence-corrected chi connectivity index (χ2v) is 6.76. The Morgan fingerprint density at radius 3 is 2.48 bits per heavy atom. The van der Waals surface area contributed by atoms with Crippen molar-refractivity contribution in [1.82, 2.24) is 9.13 Å². The Kier molecular flexibility index (Phi) is 5.26. The molecule has 3 rings (SSSR count). The third-order valence-electron chi connectivity index (χ3n) is 4.59. The summed E-state index contributed by atoms with van der Waals surface area (Å²) in [7, 11) is 0. The molecule has 1 amide bonds. The number of fused-ring (bicyclic) bond motifs is 1. The molecular weight excluding hydrogens is 342 g/mol. The van der Waals surface area contributed by atoms with Crippen molar-refractivity contribution < 1.29 is 4.79 Å². The Morgan fingerprint density at radius 1 is 1.04 bits per heavy atom. The molecule has 1 heterocycles. The van der Waals surface area contributed by atoms with Gasteiger partial charge in [0.15, 0.2) is 0 Å². The Bertz CT molecular complexity index is 1110. The summed E-state index contributed by atoms with van der Waals surface area (Å²) in [5.74, 6) is 0.0333. The van der Waals surface area contributed by atoms with Crippen molar-refractivity contribution in [3.8, 4) is 0 Å². The van der Waals surface area contributed by atoms with Crippen LogP contribution >= 0.6 is 0 Å². The van der Waals surface area contributed by atoms with Crippen LogP contribution in [0.15, 0.2) is 58.1 Å². The topological polar surface area (TPSA) is 73.1 Å². The molecule has 2 aromatic carbocycles. The molecule has 0 aliphatic rings. The van der Waals surface area contributed by atoms with Crippen LogP contribution in [0.5, 0.6) is 0 Å². The number of carbonyl (C=O) groups excluding carboxylic acids is 1. The SMILES string of the molecule is CCn1c(=O)c2ccccc2n(CC(=O)Nc2cccc(C(C)C)c2)c1=O. The minimum atomic E-state index is -0.479. The fourth-order valence-electron chi connectivity index (χ4n) is 3.12. The highest BCUT2D eigenvalue weighted by atomic mass is 16.2. The number of amides is 1. The van der Waals surface area contributed by atoms with Gasteiger partial charge in [-0.05, 0) is 42.7 Å². The van der Waals surface area contributed by atoms with Crippen LogP contribution in [-0.2, 0) is 17.9 Å². The number of benzene rings is 2. The molecule has 0 spiro atoms. The van der Waals surface area contributed by atoms with E-state index < -0.39 is 5.69 Å². The Morgan fingerprint density at radius 2 is 1.78 bits per heavy atom. The molecule has 140 valence electrons. The van der Waals surface area contributed by atoms with Gasteiger partial charge >= 0.3 is 5.69 Å². The standard InChI is InChI=1S/C21H23N3O3/c1-4-23-20(26)17-10-5-6-11-18(17)24(21(23)27)13-19(25)22-16-9-7-8-15(12-16)14(2)3/h5-12,14H,4,13H2,1-3H3,(H,22,25). The van der Waals surface area contributed by atoms with E-state index in [1.165, 1.54) is 4.57 Å². The quantitative estimate of drug-likeness (QED) is 0.755. The number of anilines is 1. The molecule has 0 aliphatic heterocycles. The highest BCUT2D eigenvalue weighted by molar-refractivity contribution is 5.91. The van der Waals surface area contributed by atoms with Crippen LogP contribution in [-0.4, -0.2) is 15.0 Å². The maximum Gasteiger partial charge on any atom is 0.331 e. The number of hydrogen-bond donors (Lipinski definition) is 1. The van der Waals surface area contributed by atoms with Gasteiger partial charge in [-0.15, -0.1) is 0 Å². The highest BCUT2D eigenvalue weighted by Crippen LogP contribution is 2.18. The summed E-state index contributed by atoms with van der Waals surface area (Å²) in [5.41, 5.74) is 1.46. The Labute approximate surface area is 157 Å². The molecule has 0 unspecified atom stereocenters. The summed E-state index contributed by atoms with van der Waals surface area (Å²) in [5, 5.41) is 3.27. The molecule has 0 fully saturated rings. The monoisotopic (exact) mass is 365 g/mol. The van der Waals surface area contributed by atoms with E-state index in [0.29, 0.717) is 22.5 Å². The predicted molar refractivity (Wildman–Crippen MR) is 107 cm³/mol. The van der Waals surface area contributed by atoms with E-state index in [0.717, 1.165) is 10.1 Å². The molecular formula is C21H23N3O3. The van der Waals surface area contributed by atoms with Gasteiger partial charge in [0, 0.05) is 12.2 Å². The van der Waals surface area contributed by atoms with Crippen LogP contribution in [0.25, 0.3) is 10.9 Å². The summed E-state index contributed by atoms with van der Waals surface area (Å²) in [4.78, 5) is 37.8. The van der Waals surface area contributed by atoms with Gasteiger partial charge in [-0.1, -0.05) is 38.1 Å². The van der Waals surface area contributed by atoms with Crippen molar-refractivity contribution in [2.45, 2.75) is 39.8 Å². The third kappa shape index (κ3) is 3.69. The zero-order valence-corrected chi connectivity index (χ0v) is 15.7. The molecule has 3 aromatic rings. The van der Waals surface area contributed by atoms with Gasteiger partial charge in [0.25, 0.3) is 5.56 Å². The average molecular weight is 365 g/mol. The lowest BCUT2D eigenvalue weighted by molar-refractivity contribution is -0.116. The molecule has 0 radical (unpaired) electrons. The maximum atomic E-state index is 12.7. The van der Waals surface area contributed by atoms with Crippen LogP contribution in [0.2, 0.25) is 0 Å². The molecule has 0 saturated heterocycles. The van der Waals surface area contributed by atoms with Gasteiger partial charge in [0.05, 0.1) is 10.9 Å². The van der Waals surface area contributed by atoms with Crippen LogP contribution in [0, 0.1) is 0 Å². The van der Waals surface area contributed by atoms with Gasteiger partial charge in [0.1, 0.15) is 6.54 Å². The Hall–Kier alpha value is -3.15. The summed E-state index contributed by atoms with van der Waals surface area (Å²) < 4.78 is 2.50. The lowest BCUT2D eigenvalue weighted by atomic mass is 10.0. The van der Waals surface area contributed by atoms with Crippen molar-refractivity contribution in [2.75, 3.05) is 5.32 Å². The summed E-state index contributed by atoms with van der Waals surface area (Å²) in [6.45, 7) is 5.99. The van der Waals surface area contributed by atoms with Crippen LogP contribution < -0.4 is 16.6 Å². The lowest BCUT2D eigenvalue weighted by Crippen LogP contribution is -2.41. The fourth-order valence-corrected chi connectivity index (χ4v) is 3.12. The number of rotatable bonds is 5. The lowest BCUT2D eigenvalue weighted by Gasteiger charge is -2.14. The van der Waals surface area contributed by atoms with Crippen LogP contribution in [0.1, 0.15) is 32.3 Å². The van der Waals surface area contributed by atoms with Gasteiger partial charge in [-0.25, -0.2) is 4.79 Å². The van der Waals surface area contributed by atoms with Crippen LogP contribution in [0.3, 0.4) is 0 Å². The van der Waals surface area contributed by atoms with Gasteiger partial charge < -0.3 is 5.32 Å². The summed E-state index contributed by atoms with van der Waals surface area (Å²) >= 11 is 0. The molecule has 6 nitrogen and oxygen atoms in total. The van der Waals surface area contributed by atoms with E-state index >= 15 is 0 Å². The molecule has 0 saturated carbocycles. The van der Waals surface area contributed by atoms with Crippen molar-refractivity contribution in [3.05, 3.63) is 74.9 Å². The van der Waals surface area contributed by atoms with E-state index in [4.69, 9.17) is 0 Å². The third-order valence-corrected chi connectivity index (χ3v) is 4.59. The number of nitrogens with zero attached hydrogens (tertiary/aromatic N) is 2. The molecule has 0 bridgehead atoms. The fraction of sp³-hybridized carbons (Fsp3) is 0.286. The van der Waals surface area contributed by atoms with Crippen molar-refractivity contribution >= 4 is 22.5 Å². The number of aromatic nitrogens is 2. The highest BCUT2D eigenvalue weighted by Gasteiger charge is 2.14. The van der Waals surface area contributed by atoms with E-state index in [1.54, 1.807) is 31.2 Å². The summed E-state index contributed by atoms with van der Waals surface area (Å²) in [6.07, 6.45) is 0. The number of carbonyl (C=O) groups is 1. The van der Waals surface area contributed by atoms with Crippen molar-refractivity contribution in [1.29, 1.82) is 0 Å². The zero-order chi connectivity index (χ0) is 19.6. The van der Waals surface area contributed by atoms with Crippen LogP contribution in [0.4, 0.5) is 5.69 Å². The normalized spacial score (nSPS) is 11.1. The number of nitrogens with one attached hydrogen (secondary N) is 1. The largest absolute Gasteiger partial charge is 0.331 e. The average Bonchev–Trinajstić information content (AvgIpc) is 2.66. The van der Waals surface area contributed by atoms with E-state index in [9.17, 15) is 14.4 Å². The molecule has 0 atom stereocenters. The first kappa shape index (κ1) is 18.6. The van der Waals surface area contributed by atoms with E-state index in [-0.39, 0.29) is 24.6 Å². The smallest absolute Gasteiger partial charge is 0.325 e. The van der Waals surface area contributed by atoms with Gasteiger partial charge in [0.2, 0.25) is 5.91 Å². The summed E-state index contributed by atoms with van der Waals surface area (Å²) in [6, 6.07) is 14.5. The Balaban J connectivity index is 1.97. The maximum absolute atomic E-state index is 12.7. The molecule has 6 heteroatoms. The van der Waals surface area contributed by atoms with E-state index in [1.807, 2.05) is 24.3 Å². The van der Waals surface area contributed by atoms with Crippen molar-refractivity contribution in [2.24, 2.45) is 0 Å². The predicted octanol–water partition coefficient (Wildman–Crippen LogP) is 2.95. The minimum absolute atomic E-state index is 0.161. The first-order valence-electron chi connectivity index (χ1n) is 9.04. The zero-order valence-electron chi connectivity index (χ0n) is 15.7. The second-order valence-electron chi connectivity index (χ2n) is 6.76. The molecule has 0 aliphatic carbocycles. The second kappa shape index (κ2) is 7.61. The van der Waals surface area contributed by atoms with Crippen molar-refractivity contribution in [3.63, 3.8) is 0 Å². The molecule has 1 N–H and O–H groups in total. The van der Waals surface area contributed by atoms with E-state index in [2.05, 4.69) is 19.2 Å². The number of hydrogen-bond acceptors (Lipinski definition) is 3.